The van der Waals surface area contributed by atoms with E-state index in [2.05, 4.69) is 5.32 Å². The molecule has 0 bridgehead atoms. The molecule has 82 valence electrons. The Hall–Kier alpha value is -1.07. The fourth-order valence-corrected chi connectivity index (χ4v) is 1.71. The Labute approximate surface area is 93.2 Å². The number of hydrogen-bond acceptors (Lipinski definition) is 4. The predicted molar refractivity (Wildman–Crippen MR) is 62.4 cm³/mol. The fraction of sp³-hybridized carbons (Fsp3) is 0.400. The van der Waals surface area contributed by atoms with E-state index in [0.717, 1.165) is 5.56 Å². The number of nitrogens with one attached hydrogen (secondary N) is 1. The van der Waals surface area contributed by atoms with Crippen molar-refractivity contribution in [1.29, 1.82) is 0 Å². The van der Waals surface area contributed by atoms with Gasteiger partial charge in [-0.2, -0.15) is 0 Å². The zero-order valence-corrected chi connectivity index (χ0v) is 9.37. The van der Waals surface area contributed by atoms with Gasteiger partial charge in [-0.1, -0.05) is 30.3 Å². The Kier molecular flexibility index (Phi) is 5.14. The lowest BCUT2D eigenvalue weighted by molar-refractivity contribution is -0.479. The van der Waals surface area contributed by atoms with E-state index in [-0.39, 0.29) is 16.8 Å². The first-order valence-electron chi connectivity index (χ1n) is 4.64. The lowest BCUT2D eigenvalue weighted by atomic mass is 10.2. The summed E-state index contributed by atoms with van der Waals surface area (Å²) >= 11 is 1.46. The summed E-state index contributed by atoms with van der Waals surface area (Å²) in [5, 5.41) is 13.3. The van der Waals surface area contributed by atoms with Gasteiger partial charge >= 0.3 is 0 Å². The van der Waals surface area contributed by atoms with Gasteiger partial charge in [0.2, 0.25) is 6.54 Å². The highest BCUT2D eigenvalue weighted by Gasteiger charge is 2.12. The molecular weight excluding hydrogens is 212 g/mol. The Morgan fingerprint density at radius 1 is 1.47 bits per heavy atom. The van der Waals surface area contributed by atoms with Gasteiger partial charge in [0, 0.05) is 11.5 Å². The average molecular weight is 226 g/mol. The zero-order valence-electron chi connectivity index (χ0n) is 8.55. The summed E-state index contributed by atoms with van der Waals surface area (Å²) in [5.41, 5.74) is 1.14. The van der Waals surface area contributed by atoms with Crippen molar-refractivity contribution < 1.29 is 4.92 Å². The van der Waals surface area contributed by atoms with E-state index in [1.807, 2.05) is 36.6 Å². The SMILES string of the molecule is CSC(C[N+](=O)[O-])NCc1ccccc1. The van der Waals surface area contributed by atoms with Crippen molar-refractivity contribution in [3.8, 4) is 0 Å². The fourth-order valence-electron chi connectivity index (χ4n) is 1.19. The molecule has 0 aliphatic rings. The van der Waals surface area contributed by atoms with Crippen LogP contribution in [-0.4, -0.2) is 23.1 Å². The number of nitrogens with zero attached hydrogens (tertiary/aromatic N) is 1. The van der Waals surface area contributed by atoms with Crippen LogP contribution in [0.5, 0.6) is 0 Å². The molecular formula is C10H14N2O2S. The van der Waals surface area contributed by atoms with Crippen LogP contribution in [0, 0.1) is 10.1 Å². The monoisotopic (exact) mass is 226 g/mol. The van der Waals surface area contributed by atoms with Gasteiger partial charge in [0.25, 0.3) is 0 Å². The number of nitro groups is 1. The molecule has 0 heterocycles. The van der Waals surface area contributed by atoms with Crippen LogP contribution >= 0.6 is 11.8 Å². The van der Waals surface area contributed by atoms with Crippen molar-refractivity contribution in [3.05, 3.63) is 46.0 Å². The van der Waals surface area contributed by atoms with Crippen molar-refractivity contribution in [2.24, 2.45) is 0 Å². The van der Waals surface area contributed by atoms with Crippen molar-refractivity contribution in [2.45, 2.75) is 11.9 Å². The molecule has 0 aromatic heterocycles. The predicted octanol–water partition coefficient (Wildman–Crippen LogP) is 1.74. The Bertz CT molecular complexity index is 306. The van der Waals surface area contributed by atoms with Gasteiger partial charge in [-0.3, -0.25) is 15.4 Å². The summed E-state index contributed by atoms with van der Waals surface area (Å²) in [6.45, 7) is 0.619. The molecule has 0 saturated carbocycles. The lowest BCUT2D eigenvalue weighted by Gasteiger charge is -2.11. The maximum Gasteiger partial charge on any atom is 0.228 e. The molecule has 1 aromatic rings. The standard InChI is InChI=1S/C10H14N2O2S/c1-15-10(8-12(13)14)11-7-9-5-3-2-4-6-9/h2-6,10-11H,7-8H2,1H3. The number of benzene rings is 1. The molecule has 0 amide bonds. The van der Waals surface area contributed by atoms with Crippen LogP contribution in [0.3, 0.4) is 0 Å². The van der Waals surface area contributed by atoms with E-state index in [1.54, 1.807) is 0 Å². The van der Waals surface area contributed by atoms with E-state index in [0.29, 0.717) is 6.54 Å². The zero-order chi connectivity index (χ0) is 11.1. The van der Waals surface area contributed by atoms with Gasteiger partial charge < -0.3 is 0 Å². The minimum Gasteiger partial charge on any atom is -0.296 e. The van der Waals surface area contributed by atoms with E-state index < -0.39 is 0 Å². The van der Waals surface area contributed by atoms with E-state index >= 15 is 0 Å². The molecule has 1 aromatic carbocycles. The first kappa shape index (κ1) is 12.0. The molecule has 0 saturated heterocycles. The molecule has 0 radical (unpaired) electrons. The molecule has 0 spiro atoms. The second kappa shape index (κ2) is 6.42. The minimum atomic E-state index is -0.293. The summed E-state index contributed by atoms with van der Waals surface area (Å²) in [4.78, 5) is 10.0. The molecule has 1 N–H and O–H groups in total. The smallest absolute Gasteiger partial charge is 0.228 e. The number of rotatable bonds is 6. The average Bonchev–Trinajstić information content (AvgIpc) is 2.25. The van der Waals surface area contributed by atoms with Crippen LogP contribution in [-0.2, 0) is 6.54 Å². The third-order valence-electron chi connectivity index (χ3n) is 1.98. The van der Waals surface area contributed by atoms with Gasteiger partial charge in [-0.25, -0.2) is 0 Å². The van der Waals surface area contributed by atoms with Gasteiger partial charge in [-0.15, -0.1) is 11.8 Å². The third kappa shape index (κ3) is 4.80. The maximum absolute atomic E-state index is 10.3. The summed E-state index contributed by atoms with van der Waals surface area (Å²) in [6.07, 6.45) is 1.87. The van der Waals surface area contributed by atoms with Gasteiger partial charge in [0.1, 0.15) is 5.37 Å². The molecule has 5 heteroatoms. The van der Waals surface area contributed by atoms with Crippen molar-refractivity contribution >= 4 is 11.8 Å². The summed E-state index contributed by atoms with van der Waals surface area (Å²) in [6, 6.07) is 9.86. The van der Waals surface area contributed by atoms with Gasteiger partial charge in [-0.05, 0) is 11.8 Å². The first-order valence-corrected chi connectivity index (χ1v) is 5.93. The van der Waals surface area contributed by atoms with Crippen LogP contribution in [0.4, 0.5) is 0 Å². The molecule has 0 aliphatic carbocycles. The lowest BCUT2D eigenvalue weighted by Crippen LogP contribution is -2.31. The molecule has 4 nitrogen and oxygen atoms in total. The molecule has 15 heavy (non-hydrogen) atoms. The third-order valence-corrected chi connectivity index (χ3v) is 2.86. The number of hydrogen-bond donors (Lipinski definition) is 1. The van der Waals surface area contributed by atoms with Crippen molar-refractivity contribution in [1.82, 2.24) is 5.32 Å². The summed E-state index contributed by atoms with van der Waals surface area (Å²) < 4.78 is 0. The Morgan fingerprint density at radius 3 is 2.67 bits per heavy atom. The molecule has 1 atom stereocenters. The highest BCUT2D eigenvalue weighted by atomic mass is 32.2. The quantitative estimate of drug-likeness (QED) is 0.456. The largest absolute Gasteiger partial charge is 0.296 e. The molecule has 1 rings (SSSR count). The second-order valence-corrected chi connectivity index (χ2v) is 4.15. The number of thioether (sulfide) groups is 1. The highest BCUT2D eigenvalue weighted by Crippen LogP contribution is 2.05. The van der Waals surface area contributed by atoms with Crippen LogP contribution in [0.2, 0.25) is 0 Å². The summed E-state index contributed by atoms with van der Waals surface area (Å²) in [7, 11) is 0. The van der Waals surface area contributed by atoms with Gasteiger partial charge in [0.05, 0.1) is 0 Å². The van der Waals surface area contributed by atoms with Crippen LogP contribution in [0.1, 0.15) is 5.56 Å². The maximum atomic E-state index is 10.3. The van der Waals surface area contributed by atoms with E-state index in [4.69, 9.17) is 0 Å². The molecule has 0 aliphatic heterocycles. The Balaban J connectivity index is 2.37. The normalized spacial score (nSPS) is 12.3. The second-order valence-electron chi connectivity index (χ2n) is 3.11. The topological polar surface area (TPSA) is 55.2 Å². The molecule has 1 unspecified atom stereocenters. The highest BCUT2D eigenvalue weighted by molar-refractivity contribution is 7.99. The van der Waals surface area contributed by atoms with Crippen molar-refractivity contribution in [3.63, 3.8) is 0 Å². The first-order chi connectivity index (χ1) is 7.22. The van der Waals surface area contributed by atoms with E-state index in [1.165, 1.54) is 11.8 Å². The van der Waals surface area contributed by atoms with Gasteiger partial charge in [0.15, 0.2) is 0 Å². The minimum absolute atomic E-state index is 0.0476. The molecule has 0 fully saturated rings. The van der Waals surface area contributed by atoms with Crippen LogP contribution in [0.15, 0.2) is 30.3 Å². The van der Waals surface area contributed by atoms with Crippen LogP contribution < -0.4 is 5.32 Å². The Morgan fingerprint density at radius 2 is 2.13 bits per heavy atom. The van der Waals surface area contributed by atoms with Crippen molar-refractivity contribution in [2.75, 3.05) is 12.8 Å². The summed E-state index contributed by atoms with van der Waals surface area (Å²) in [5.74, 6) is 0. The van der Waals surface area contributed by atoms with E-state index in [9.17, 15) is 10.1 Å². The van der Waals surface area contributed by atoms with Crippen LogP contribution in [0.25, 0.3) is 0 Å².